The molecule has 2 heterocycles. The maximum atomic E-state index is 12.1. The number of benzene rings is 1. The van der Waals surface area contributed by atoms with Crippen LogP contribution in [0.25, 0.3) is 11.6 Å². The van der Waals surface area contributed by atoms with Crippen LogP contribution in [0.4, 0.5) is 6.01 Å². The lowest BCUT2D eigenvalue weighted by Gasteiger charge is -2.06. The predicted molar refractivity (Wildman–Crippen MR) is 86.6 cm³/mol. The number of carbonyl (C=O) groups excluding carboxylic acids is 1. The highest BCUT2D eigenvalue weighted by Gasteiger charge is 2.13. The molecule has 124 valence electrons. The maximum absolute atomic E-state index is 12.1. The Hall–Kier alpha value is -3.16. The second-order valence-electron chi connectivity index (χ2n) is 5.32. The number of hydrogen-bond acceptors (Lipinski definition) is 6. The van der Waals surface area contributed by atoms with Crippen LogP contribution >= 0.6 is 0 Å². The summed E-state index contributed by atoms with van der Waals surface area (Å²) >= 11 is 0. The molecule has 0 radical (unpaired) electrons. The van der Waals surface area contributed by atoms with E-state index in [1.807, 2.05) is 25.1 Å². The average Bonchev–Trinajstić information content (AvgIpc) is 3.16. The Morgan fingerprint density at radius 2 is 2.17 bits per heavy atom. The number of nitrogens with zero attached hydrogens (tertiary/aromatic N) is 4. The SMILES string of the molecule is COc1ccc(CC(=O)Nc2nnc(-c3ccn(C)n3)o2)cc1C. The zero-order valence-corrected chi connectivity index (χ0v) is 13.6. The molecule has 0 unspecified atom stereocenters. The fraction of sp³-hybridized carbons (Fsp3) is 0.250. The molecule has 0 aliphatic heterocycles. The van der Waals surface area contributed by atoms with Gasteiger partial charge in [-0.1, -0.05) is 17.2 Å². The van der Waals surface area contributed by atoms with E-state index in [1.165, 1.54) is 0 Å². The van der Waals surface area contributed by atoms with E-state index < -0.39 is 0 Å². The molecule has 0 saturated carbocycles. The molecule has 2 aromatic heterocycles. The van der Waals surface area contributed by atoms with Crippen LogP contribution in [-0.4, -0.2) is 33.0 Å². The van der Waals surface area contributed by atoms with Crippen LogP contribution in [0.1, 0.15) is 11.1 Å². The van der Waals surface area contributed by atoms with E-state index in [4.69, 9.17) is 9.15 Å². The van der Waals surface area contributed by atoms with Crippen molar-refractivity contribution in [3.05, 3.63) is 41.6 Å². The largest absolute Gasteiger partial charge is 0.496 e. The van der Waals surface area contributed by atoms with Crippen molar-refractivity contribution in [1.29, 1.82) is 0 Å². The van der Waals surface area contributed by atoms with Gasteiger partial charge in [-0.2, -0.15) is 5.10 Å². The molecule has 3 rings (SSSR count). The minimum Gasteiger partial charge on any atom is -0.496 e. The standard InChI is InChI=1S/C16H17N5O3/c1-10-8-11(4-5-13(10)23-3)9-14(22)17-16-19-18-15(24-16)12-6-7-21(2)20-12/h4-8H,9H2,1-3H3,(H,17,19,22). The zero-order chi connectivity index (χ0) is 17.1. The van der Waals surface area contributed by atoms with Gasteiger partial charge in [0, 0.05) is 13.2 Å². The van der Waals surface area contributed by atoms with Gasteiger partial charge in [0.25, 0.3) is 5.89 Å². The third-order valence-electron chi connectivity index (χ3n) is 3.43. The molecular weight excluding hydrogens is 310 g/mol. The van der Waals surface area contributed by atoms with Gasteiger partial charge in [0.2, 0.25) is 5.91 Å². The van der Waals surface area contributed by atoms with Crippen LogP contribution in [0.5, 0.6) is 5.75 Å². The van der Waals surface area contributed by atoms with Crippen molar-refractivity contribution in [1.82, 2.24) is 20.0 Å². The summed E-state index contributed by atoms with van der Waals surface area (Å²) in [6, 6.07) is 7.39. The molecule has 0 saturated heterocycles. The first-order valence-corrected chi connectivity index (χ1v) is 7.32. The third-order valence-corrected chi connectivity index (χ3v) is 3.43. The first kappa shape index (κ1) is 15.7. The van der Waals surface area contributed by atoms with E-state index in [9.17, 15) is 4.79 Å². The molecule has 8 heteroatoms. The molecule has 1 amide bonds. The molecule has 0 aliphatic carbocycles. The van der Waals surface area contributed by atoms with Gasteiger partial charge in [-0.3, -0.25) is 14.8 Å². The topological polar surface area (TPSA) is 95.1 Å². The number of carbonyl (C=O) groups is 1. The Bertz CT molecular complexity index is 868. The van der Waals surface area contributed by atoms with E-state index >= 15 is 0 Å². The van der Waals surface area contributed by atoms with Crippen molar-refractivity contribution in [2.45, 2.75) is 13.3 Å². The van der Waals surface area contributed by atoms with Crippen molar-refractivity contribution in [2.75, 3.05) is 12.4 Å². The van der Waals surface area contributed by atoms with Crippen LogP contribution in [0.15, 0.2) is 34.9 Å². The number of nitrogens with one attached hydrogen (secondary N) is 1. The second kappa shape index (κ2) is 6.53. The summed E-state index contributed by atoms with van der Waals surface area (Å²) in [7, 11) is 3.41. The van der Waals surface area contributed by atoms with Crippen LogP contribution in [0.3, 0.4) is 0 Å². The van der Waals surface area contributed by atoms with Crippen LogP contribution in [-0.2, 0) is 18.3 Å². The van der Waals surface area contributed by atoms with Crippen molar-refractivity contribution in [3.63, 3.8) is 0 Å². The van der Waals surface area contributed by atoms with E-state index in [0.717, 1.165) is 16.9 Å². The fourth-order valence-electron chi connectivity index (χ4n) is 2.31. The average molecular weight is 327 g/mol. The van der Waals surface area contributed by atoms with E-state index in [2.05, 4.69) is 20.6 Å². The Morgan fingerprint density at radius 3 is 2.83 bits per heavy atom. The molecule has 24 heavy (non-hydrogen) atoms. The Kier molecular flexibility index (Phi) is 4.28. The number of aryl methyl sites for hydroxylation is 2. The summed E-state index contributed by atoms with van der Waals surface area (Å²) in [6.07, 6.45) is 1.97. The fourth-order valence-corrected chi connectivity index (χ4v) is 2.31. The molecule has 1 aromatic carbocycles. The van der Waals surface area contributed by atoms with Crippen LogP contribution in [0.2, 0.25) is 0 Å². The highest BCUT2D eigenvalue weighted by molar-refractivity contribution is 5.90. The molecule has 3 aromatic rings. The molecular formula is C16H17N5O3. The van der Waals surface area contributed by atoms with Crippen LogP contribution in [0, 0.1) is 6.92 Å². The van der Waals surface area contributed by atoms with Crippen molar-refractivity contribution in [3.8, 4) is 17.3 Å². The molecule has 0 atom stereocenters. The number of hydrogen-bond donors (Lipinski definition) is 1. The van der Waals surface area contributed by atoms with E-state index in [0.29, 0.717) is 5.69 Å². The summed E-state index contributed by atoms with van der Waals surface area (Å²) in [5.41, 5.74) is 2.39. The highest BCUT2D eigenvalue weighted by Crippen LogP contribution is 2.20. The third kappa shape index (κ3) is 3.43. The van der Waals surface area contributed by atoms with Crippen LogP contribution < -0.4 is 10.1 Å². The van der Waals surface area contributed by atoms with Crippen molar-refractivity contribution < 1.29 is 13.9 Å². The Morgan fingerprint density at radius 1 is 1.33 bits per heavy atom. The summed E-state index contributed by atoms with van der Waals surface area (Å²) < 4.78 is 12.2. The van der Waals surface area contributed by atoms with Gasteiger partial charge in [-0.25, -0.2) is 0 Å². The molecule has 0 bridgehead atoms. The summed E-state index contributed by atoms with van der Waals surface area (Å²) in [5.74, 6) is 0.804. The Labute approximate surface area is 138 Å². The van der Waals surface area contributed by atoms with Gasteiger partial charge in [-0.05, 0) is 30.2 Å². The van der Waals surface area contributed by atoms with E-state index in [1.54, 1.807) is 31.1 Å². The Balaban J connectivity index is 1.65. The van der Waals surface area contributed by atoms with Crippen molar-refractivity contribution >= 4 is 11.9 Å². The predicted octanol–water partition coefficient (Wildman–Crippen LogP) is 1.97. The molecule has 1 N–H and O–H groups in total. The van der Waals surface area contributed by atoms with Crippen molar-refractivity contribution in [2.24, 2.45) is 7.05 Å². The normalized spacial score (nSPS) is 10.6. The monoisotopic (exact) mass is 327 g/mol. The van der Waals surface area contributed by atoms with E-state index in [-0.39, 0.29) is 24.2 Å². The summed E-state index contributed by atoms with van der Waals surface area (Å²) in [4.78, 5) is 12.1. The van der Waals surface area contributed by atoms with Gasteiger partial charge in [0.15, 0.2) is 0 Å². The lowest BCUT2D eigenvalue weighted by Crippen LogP contribution is -2.14. The smallest absolute Gasteiger partial charge is 0.322 e. The van der Waals surface area contributed by atoms with Gasteiger partial charge in [0.05, 0.1) is 13.5 Å². The molecule has 0 spiro atoms. The number of anilines is 1. The number of rotatable bonds is 5. The maximum Gasteiger partial charge on any atom is 0.322 e. The zero-order valence-electron chi connectivity index (χ0n) is 13.6. The minimum atomic E-state index is -0.240. The second-order valence-corrected chi connectivity index (χ2v) is 5.32. The van der Waals surface area contributed by atoms with Gasteiger partial charge in [-0.15, -0.1) is 5.10 Å². The lowest BCUT2D eigenvalue weighted by atomic mass is 10.1. The lowest BCUT2D eigenvalue weighted by molar-refractivity contribution is -0.115. The number of ether oxygens (including phenoxy) is 1. The first-order valence-electron chi connectivity index (χ1n) is 7.32. The number of amides is 1. The molecule has 0 aliphatic rings. The van der Waals surface area contributed by atoms with Gasteiger partial charge in [0.1, 0.15) is 11.4 Å². The minimum absolute atomic E-state index is 0.0471. The highest BCUT2D eigenvalue weighted by atomic mass is 16.5. The van der Waals surface area contributed by atoms with Gasteiger partial charge >= 0.3 is 6.01 Å². The summed E-state index contributed by atoms with van der Waals surface area (Å²) in [6.45, 7) is 1.93. The van der Waals surface area contributed by atoms with Gasteiger partial charge < -0.3 is 9.15 Å². The quantitative estimate of drug-likeness (QED) is 0.770. The number of methoxy groups -OCH3 is 1. The first-order chi connectivity index (χ1) is 11.5. The molecule has 8 nitrogen and oxygen atoms in total. The molecule has 0 fully saturated rings. The summed E-state index contributed by atoms with van der Waals surface area (Å²) in [5, 5.41) is 14.4. The number of aromatic nitrogens is 4.